The zero-order valence-corrected chi connectivity index (χ0v) is 11.1. The van der Waals surface area contributed by atoms with Crippen molar-refractivity contribution in [2.75, 3.05) is 0 Å². The minimum absolute atomic E-state index is 0.195. The number of rotatable bonds is 1. The fourth-order valence-electron chi connectivity index (χ4n) is 1.72. The lowest BCUT2D eigenvalue weighted by Crippen LogP contribution is -2.11. The van der Waals surface area contributed by atoms with Crippen LogP contribution >= 0.6 is 15.9 Å². The topological polar surface area (TPSA) is 0 Å². The molecule has 0 heterocycles. The molecule has 0 unspecified atom stereocenters. The Morgan fingerprint density at radius 3 is 1.80 bits per heavy atom. The Kier molecular flexibility index (Phi) is 3.82. The van der Waals surface area contributed by atoms with E-state index in [4.69, 9.17) is 0 Å². The molecule has 2 aromatic carbocycles. The molecular weight excluding hydrogens is 350 g/mol. The standard InChI is InChI=1S/C13H5BrF6/c14-7-1-2-8(9(15)5-7)6-3-10(16)12(11(17)4-6)13(18,19)20/h1-5H. The maximum Gasteiger partial charge on any atom is 0.422 e. The van der Waals surface area contributed by atoms with Crippen LogP contribution in [0, 0.1) is 17.5 Å². The summed E-state index contributed by atoms with van der Waals surface area (Å²) in [4.78, 5) is 0. The van der Waals surface area contributed by atoms with Gasteiger partial charge >= 0.3 is 6.18 Å². The predicted molar refractivity (Wildman–Crippen MR) is 64.5 cm³/mol. The van der Waals surface area contributed by atoms with Crippen molar-refractivity contribution < 1.29 is 26.3 Å². The zero-order chi connectivity index (χ0) is 15.1. The van der Waals surface area contributed by atoms with Gasteiger partial charge in [0.1, 0.15) is 23.0 Å². The van der Waals surface area contributed by atoms with E-state index in [0.29, 0.717) is 16.6 Å². The van der Waals surface area contributed by atoms with Gasteiger partial charge in [0.15, 0.2) is 0 Å². The lowest BCUT2D eigenvalue weighted by atomic mass is 10.0. The second kappa shape index (κ2) is 5.12. The van der Waals surface area contributed by atoms with Crippen LogP contribution < -0.4 is 0 Å². The fourth-order valence-corrected chi connectivity index (χ4v) is 2.06. The van der Waals surface area contributed by atoms with Crippen LogP contribution in [0.15, 0.2) is 34.8 Å². The summed E-state index contributed by atoms with van der Waals surface area (Å²) in [5.74, 6) is -4.37. The normalized spacial score (nSPS) is 11.8. The third-order valence-electron chi connectivity index (χ3n) is 2.57. The molecule has 0 saturated heterocycles. The Morgan fingerprint density at radius 2 is 1.35 bits per heavy atom. The van der Waals surface area contributed by atoms with E-state index in [-0.39, 0.29) is 11.1 Å². The summed E-state index contributed by atoms with van der Waals surface area (Å²) >= 11 is 3.00. The van der Waals surface area contributed by atoms with Gasteiger partial charge in [-0.15, -0.1) is 0 Å². The zero-order valence-electron chi connectivity index (χ0n) is 9.53. The molecule has 0 aromatic heterocycles. The molecule has 0 nitrogen and oxygen atoms in total. The van der Waals surface area contributed by atoms with Gasteiger partial charge in [0.25, 0.3) is 0 Å². The molecule has 0 saturated carbocycles. The van der Waals surface area contributed by atoms with Crippen molar-refractivity contribution in [2.45, 2.75) is 6.18 Å². The van der Waals surface area contributed by atoms with Crippen LogP contribution in [0.3, 0.4) is 0 Å². The third kappa shape index (κ3) is 2.82. The first-order chi connectivity index (χ1) is 9.20. The number of benzene rings is 2. The van der Waals surface area contributed by atoms with E-state index in [2.05, 4.69) is 15.9 Å². The molecule has 0 amide bonds. The average molecular weight is 355 g/mol. The molecule has 0 fully saturated rings. The number of halogens is 7. The molecule has 0 radical (unpaired) electrons. The summed E-state index contributed by atoms with van der Waals surface area (Å²) in [6.45, 7) is 0. The fraction of sp³-hybridized carbons (Fsp3) is 0.0769. The highest BCUT2D eigenvalue weighted by Crippen LogP contribution is 2.36. The maximum absolute atomic E-state index is 13.6. The van der Waals surface area contributed by atoms with E-state index >= 15 is 0 Å². The number of alkyl halides is 3. The Labute approximate surface area is 118 Å². The number of hydrogen-bond acceptors (Lipinski definition) is 0. The molecule has 2 rings (SSSR count). The van der Waals surface area contributed by atoms with Gasteiger partial charge in [-0.05, 0) is 29.8 Å². The molecule has 2 aromatic rings. The van der Waals surface area contributed by atoms with Crippen LogP contribution in [0.5, 0.6) is 0 Å². The van der Waals surface area contributed by atoms with E-state index in [1.807, 2.05) is 0 Å². The summed E-state index contributed by atoms with van der Waals surface area (Å²) in [5.41, 5.74) is -2.49. The number of hydrogen-bond donors (Lipinski definition) is 0. The SMILES string of the molecule is Fc1cc(Br)ccc1-c1cc(F)c(C(F)(F)F)c(F)c1. The molecule has 0 aliphatic carbocycles. The molecule has 0 aliphatic rings. The smallest absolute Gasteiger partial charge is 0.206 e. The molecule has 0 aliphatic heterocycles. The Morgan fingerprint density at radius 1 is 0.800 bits per heavy atom. The van der Waals surface area contributed by atoms with E-state index in [0.717, 1.165) is 6.07 Å². The summed E-state index contributed by atoms with van der Waals surface area (Å²) in [6.07, 6.45) is -5.15. The third-order valence-corrected chi connectivity index (χ3v) is 3.06. The average Bonchev–Trinajstić information content (AvgIpc) is 2.25. The summed E-state index contributed by atoms with van der Waals surface area (Å²) in [6, 6.07) is 4.58. The Hall–Kier alpha value is -1.50. The van der Waals surface area contributed by atoms with E-state index < -0.39 is 29.2 Å². The predicted octanol–water partition coefficient (Wildman–Crippen LogP) is 5.55. The summed E-state index contributed by atoms with van der Waals surface area (Å²) < 4.78 is 78.1. The van der Waals surface area contributed by atoms with Crippen LogP contribution in [0.2, 0.25) is 0 Å². The van der Waals surface area contributed by atoms with E-state index in [1.54, 1.807) is 0 Å². The molecule has 106 valence electrons. The molecule has 7 heteroatoms. The highest BCUT2D eigenvalue weighted by atomic mass is 79.9. The van der Waals surface area contributed by atoms with Crippen molar-refractivity contribution in [3.8, 4) is 11.1 Å². The highest BCUT2D eigenvalue weighted by molar-refractivity contribution is 9.10. The molecule has 0 N–H and O–H groups in total. The van der Waals surface area contributed by atoms with Gasteiger partial charge < -0.3 is 0 Å². The van der Waals surface area contributed by atoms with Crippen molar-refractivity contribution in [2.24, 2.45) is 0 Å². The van der Waals surface area contributed by atoms with Crippen LogP contribution in [-0.4, -0.2) is 0 Å². The van der Waals surface area contributed by atoms with E-state index in [9.17, 15) is 26.3 Å². The highest BCUT2D eigenvalue weighted by Gasteiger charge is 2.38. The van der Waals surface area contributed by atoms with Gasteiger partial charge in [-0.25, -0.2) is 13.2 Å². The Bertz CT molecular complexity index is 639. The van der Waals surface area contributed by atoms with Gasteiger partial charge in [-0.2, -0.15) is 13.2 Å². The lowest BCUT2D eigenvalue weighted by molar-refractivity contribution is -0.142. The van der Waals surface area contributed by atoms with Crippen LogP contribution in [-0.2, 0) is 6.18 Å². The first-order valence-electron chi connectivity index (χ1n) is 5.22. The molecule has 0 spiro atoms. The molecule has 20 heavy (non-hydrogen) atoms. The van der Waals surface area contributed by atoms with Gasteiger partial charge in [0, 0.05) is 10.0 Å². The first kappa shape index (κ1) is 14.9. The van der Waals surface area contributed by atoms with Gasteiger partial charge in [-0.3, -0.25) is 0 Å². The van der Waals surface area contributed by atoms with Crippen LogP contribution in [0.1, 0.15) is 5.56 Å². The molecule has 0 bridgehead atoms. The van der Waals surface area contributed by atoms with Crippen molar-refractivity contribution in [1.82, 2.24) is 0 Å². The molecule has 0 atom stereocenters. The lowest BCUT2D eigenvalue weighted by Gasteiger charge is -2.11. The second-order valence-corrected chi connectivity index (χ2v) is 4.85. The first-order valence-corrected chi connectivity index (χ1v) is 6.01. The summed E-state index contributed by atoms with van der Waals surface area (Å²) in [5, 5.41) is 0. The van der Waals surface area contributed by atoms with Crippen molar-refractivity contribution >= 4 is 15.9 Å². The van der Waals surface area contributed by atoms with Gasteiger partial charge in [-0.1, -0.05) is 22.0 Å². The van der Waals surface area contributed by atoms with Crippen LogP contribution in [0.25, 0.3) is 11.1 Å². The van der Waals surface area contributed by atoms with Crippen molar-refractivity contribution in [3.63, 3.8) is 0 Å². The molecular formula is C13H5BrF6. The summed E-state index contributed by atoms with van der Waals surface area (Å²) in [7, 11) is 0. The minimum atomic E-state index is -5.15. The Balaban J connectivity index is 2.61. The van der Waals surface area contributed by atoms with Crippen LogP contribution in [0.4, 0.5) is 26.3 Å². The van der Waals surface area contributed by atoms with E-state index in [1.165, 1.54) is 12.1 Å². The van der Waals surface area contributed by atoms with Gasteiger partial charge in [0.05, 0.1) is 0 Å². The maximum atomic E-state index is 13.6. The van der Waals surface area contributed by atoms with Crippen molar-refractivity contribution in [3.05, 3.63) is 57.8 Å². The quantitative estimate of drug-likeness (QED) is 0.589. The van der Waals surface area contributed by atoms with Gasteiger partial charge in [0.2, 0.25) is 0 Å². The minimum Gasteiger partial charge on any atom is -0.206 e. The monoisotopic (exact) mass is 354 g/mol. The largest absolute Gasteiger partial charge is 0.422 e. The van der Waals surface area contributed by atoms with Crippen molar-refractivity contribution in [1.29, 1.82) is 0 Å². The second-order valence-electron chi connectivity index (χ2n) is 3.94.